The number of hydrazone groups is 1. The Balaban J connectivity index is 1.29. The molecule has 0 spiro atoms. The number of anilines is 1. The molecule has 0 saturated carbocycles. The summed E-state index contributed by atoms with van der Waals surface area (Å²) >= 11 is 6.21. The van der Waals surface area contributed by atoms with Crippen molar-refractivity contribution in [2.24, 2.45) is 5.10 Å². The molecule has 1 amide bonds. The molecule has 0 fully saturated rings. The van der Waals surface area contributed by atoms with Gasteiger partial charge in [-0.1, -0.05) is 53.2 Å². The highest BCUT2D eigenvalue weighted by Gasteiger charge is 2.24. The Morgan fingerprint density at radius 3 is 2.61 bits per heavy atom. The number of carbonyl (C=O) groups excluding carboxylic acids is 1. The van der Waals surface area contributed by atoms with Crippen molar-refractivity contribution in [3.63, 3.8) is 0 Å². The van der Waals surface area contributed by atoms with Crippen molar-refractivity contribution in [2.45, 2.75) is 13.2 Å². The van der Waals surface area contributed by atoms with Crippen molar-refractivity contribution in [1.29, 1.82) is 0 Å². The van der Waals surface area contributed by atoms with Crippen molar-refractivity contribution in [2.75, 3.05) is 12.8 Å². The molecule has 5 aromatic rings. The van der Waals surface area contributed by atoms with E-state index in [0.717, 1.165) is 5.56 Å². The minimum atomic E-state index is -0.638. The van der Waals surface area contributed by atoms with Crippen LogP contribution in [0, 0.1) is 0 Å². The number of para-hydroxylation sites is 1. The van der Waals surface area contributed by atoms with Crippen LogP contribution in [-0.2, 0) is 13.2 Å². The molecule has 208 valence electrons. The van der Waals surface area contributed by atoms with E-state index in [1.165, 1.54) is 18.0 Å². The van der Waals surface area contributed by atoms with Gasteiger partial charge in [-0.05, 0) is 52.3 Å². The molecule has 5 rings (SSSR count). The maximum absolute atomic E-state index is 13.0. The maximum Gasteiger partial charge on any atom is 0.293 e. The van der Waals surface area contributed by atoms with Crippen LogP contribution in [0.2, 0.25) is 5.02 Å². The Kier molecular flexibility index (Phi) is 8.35. The molecule has 13 nitrogen and oxygen atoms in total. The molecule has 3 N–H and O–H groups in total. The highest BCUT2D eigenvalue weighted by Crippen LogP contribution is 2.29. The van der Waals surface area contributed by atoms with Gasteiger partial charge < -0.3 is 19.9 Å². The lowest BCUT2D eigenvalue weighted by Gasteiger charge is -2.12. The maximum atomic E-state index is 13.0. The van der Waals surface area contributed by atoms with E-state index in [1.54, 1.807) is 36.4 Å². The lowest BCUT2D eigenvalue weighted by Crippen LogP contribution is -2.21. The summed E-state index contributed by atoms with van der Waals surface area (Å²) in [7, 11) is 1.53. The van der Waals surface area contributed by atoms with E-state index in [4.69, 9.17) is 31.5 Å². The second-order valence-corrected chi connectivity index (χ2v) is 8.77. The number of hydrogen-bond acceptors (Lipinski definition) is 11. The predicted octanol–water partition coefficient (Wildman–Crippen LogP) is 3.82. The fraction of sp³-hybridized carbons (Fsp3) is 0.111. The van der Waals surface area contributed by atoms with E-state index < -0.39 is 5.91 Å². The number of nitrogens with zero attached hydrogens (tertiary/aromatic N) is 6. The summed E-state index contributed by atoms with van der Waals surface area (Å²) in [5.74, 6) is 0.971. The number of ether oxygens (including phenoxy) is 3. The first-order valence-corrected chi connectivity index (χ1v) is 12.5. The van der Waals surface area contributed by atoms with Crippen LogP contribution >= 0.6 is 11.6 Å². The average Bonchev–Trinajstić information content (AvgIpc) is 3.62. The number of nitrogen functional groups attached to an aromatic ring is 1. The lowest BCUT2D eigenvalue weighted by molar-refractivity contribution is 0.0947. The van der Waals surface area contributed by atoms with Gasteiger partial charge in [-0.2, -0.15) is 9.78 Å². The third-order valence-electron chi connectivity index (χ3n) is 5.70. The average molecular weight is 575 g/mol. The van der Waals surface area contributed by atoms with Gasteiger partial charge in [0.1, 0.15) is 24.7 Å². The van der Waals surface area contributed by atoms with Gasteiger partial charge in [0.2, 0.25) is 11.6 Å². The van der Waals surface area contributed by atoms with Gasteiger partial charge in [-0.25, -0.2) is 10.1 Å². The van der Waals surface area contributed by atoms with Gasteiger partial charge in [0.15, 0.2) is 17.2 Å². The first-order valence-electron chi connectivity index (χ1n) is 12.1. The number of nitrogens with one attached hydrogen (secondary N) is 1. The Labute approximate surface area is 238 Å². The topological polar surface area (TPSA) is 165 Å². The first-order chi connectivity index (χ1) is 20.0. The summed E-state index contributed by atoms with van der Waals surface area (Å²) in [6.07, 6.45) is 1.45. The van der Waals surface area contributed by atoms with E-state index in [1.807, 2.05) is 36.4 Å². The smallest absolute Gasteiger partial charge is 0.293 e. The minimum Gasteiger partial charge on any atom is -0.493 e. The van der Waals surface area contributed by atoms with E-state index in [-0.39, 0.29) is 36.2 Å². The highest BCUT2D eigenvalue weighted by atomic mass is 35.5. The first kappa shape index (κ1) is 27.1. The summed E-state index contributed by atoms with van der Waals surface area (Å²) in [4.78, 5) is 13.0. The van der Waals surface area contributed by atoms with Crippen LogP contribution in [0.15, 0.2) is 82.5 Å². The number of rotatable bonds is 11. The third kappa shape index (κ3) is 6.42. The Bertz CT molecular complexity index is 1670. The van der Waals surface area contributed by atoms with Gasteiger partial charge in [-0.3, -0.25) is 4.79 Å². The van der Waals surface area contributed by atoms with Crippen LogP contribution in [0.3, 0.4) is 0 Å². The molecule has 3 aromatic carbocycles. The zero-order chi connectivity index (χ0) is 28.6. The molecule has 2 heterocycles. The molecular weight excluding hydrogens is 552 g/mol. The van der Waals surface area contributed by atoms with Crippen LogP contribution in [-0.4, -0.2) is 44.5 Å². The van der Waals surface area contributed by atoms with Gasteiger partial charge in [0.05, 0.1) is 13.3 Å². The summed E-state index contributed by atoms with van der Waals surface area (Å²) in [5.41, 5.74) is 9.96. The summed E-state index contributed by atoms with van der Waals surface area (Å²) < 4.78 is 23.0. The van der Waals surface area contributed by atoms with E-state index in [2.05, 4.69) is 35.8 Å². The quantitative estimate of drug-likeness (QED) is 0.175. The highest BCUT2D eigenvalue weighted by molar-refractivity contribution is 6.31. The van der Waals surface area contributed by atoms with Gasteiger partial charge in [-0.15, -0.1) is 5.10 Å². The van der Waals surface area contributed by atoms with Crippen molar-refractivity contribution < 1.29 is 23.6 Å². The number of halogens is 1. The molecule has 0 aliphatic heterocycles. The van der Waals surface area contributed by atoms with Crippen LogP contribution in [0.5, 0.6) is 17.2 Å². The standard InChI is InChI=1S/C27H23ClN8O5/c1-38-23-13-17(11-12-22(23)40-15-18-7-5-6-10-20(18)28)14-30-32-27(37)24-21(16-39-19-8-3-2-4-9-19)36(35-31-24)26-25(29)33-41-34-26/h2-14H,15-16H2,1H3,(H2,29,33)(H,32,37)/b30-14+. The summed E-state index contributed by atoms with van der Waals surface area (Å²) in [5, 5.41) is 19.9. The van der Waals surface area contributed by atoms with Crippen molar-refractivity contribution in [1.82, 2.24) is 30.7 Å². The Morgan fingerprint density at radius 2 is 1.85 bits per heavy atom. The zero-order valence-electron chi connectivity index (χ0n) is 21.6. The van der Waals surface area contributed by atoms with Gasteiger partial charge >= 0.3 is 0 Å². The molecule has 0 radical (unpaired) electrons. The zero-order valence-corrected chi connectivity index (χ0v) is 22.4. The lowest BCUT2D eigenvalue weighted by atomic mass is 10.2. The van der Waals surface area contributed by atoms with Gasteiger partial charge in [0.25, 0.3) is 5.91 Å². The monoisotopic (exact) mass is 574 g/mol. The number of aromatic nitrogens is 5. The van der Waals surface area contributed by atoms with E-state index >= 15 is 0 Å². The molecule has 0 unspecified atom stereocenters. The largest absolute Gasteiger partial charge is 0.493 e. The van der Waals surface area contributed by atoms with Crippen molar-refractivity contribution >= 4 is 29.5 Å². The van der Waals surface area contributed by atoms with Gasteiger partial charge in [0, 0.05) is 10.6 Å². The number of methoxy groups -OCH3 is 1. The normalized spacial score (nSPS) is 11.0. The fourth-order valence-corrected chi connectivity index (χ4v) is 3.85. The fourth-order valence-electron chi connectivity index (χ4n) is 3.66. The van der Waals surface area contributed by atoms with Crippen LogP contribution in [0.25, 0.3) is 5.82 Å². The number of carbonyl (C=O) groups is 1. The third-order valence-corrected chi connectivity index (χ3v) is 6.07. The second kappa shape index (κ2) is 12.6. The second-order valence-electron chi connectivity index (χ2n) is 8.36. The van der Waals surface area contributed by atoms with Crippen LogP contribution < -0.4 is 25.4 Å². The molecule has 0 bridgehead atoms. The Hall–Kier alpha value is -5.43. The Morgan fingerprint density at radius 1 is 1.05 bits per heavy atom. The van der Waals surface area contributed by atoms with E-state index in [0.29, 0.717) is 27.8 Å². The predicted molar refractivity (Wildman–Crippen MR) is 148 cm³/mol. The molecule has 41 heavy (non-hydrogen) atoms. The summed E-state index contributed by atoms with van der Waals surface area (Å²) in [6, 6.07) is 21.7. The minimum absolute atomic E-state index is 0.0333. The van der Waals surface area contributed by atoms with Crippen LogP contribution in [0.1, 0.15) is 27.3 Å². The molecule has 14 heteroatoms. The molecule has 0 aliphatic rings. The summed E-state index contributed by atoms with van der Waals surface area (Å²) in [6.45, 7) is 0.190. The molecular formula is C27H23ClN8O5. The SMILES string of the molecule is COc1cc(/C=N/NC(=O)c2nnn(-c3nonc3N)c2COc2ccccc2)ccc1OCc1ccccc1Cl. The molecule has 0 atom stereocenters. The number of hydrogen-bond donors (Lipinski definition) is 2. The number of benzene rings is 3. The number of nitrogens with two attached hydrogens (primary N) is 1. The van der Waals surface area contributed by atoms with E-state index in [9.17, 15) is 4.79 Å². The van der Waals surface area contributed by atoms with Crippen molar-refractivity contribution in [3.05, 3.63) is 100 Å². The molecule has 0 aliphatic carbocycles. The number of amides is 1. The van der Waals surface area contributed by atoms with Crippen LogP contribution in [0.4, 0.5) is 5.82 Å². The molecule has 0 saturated heterocycles. The molecule has 2 aromatic heterocycles. The van der Waals surface area contributed by atoms with Crippen molar-refractivity contribution in [3.8, 4) is 23.1 Å².